The summed E-state index contributed by atoms with van der Waals surface area (Å²) >= 11 is 0. The molecule has 0 radical (unpaired) electrons. The van der Waals surface area contributed by atoms with Crippen molar-refractivity contribution in [2.24, 2.45) is 5.90 Å². The molecule has 0 aromatic heterocycles. The first-order chi connectivity index (χ1) is 8.65. The van der Waals surface area contributed by atoms with Crippen LogP contribution in [0.3, 0.4) is 0 Å². The molecule has 0 spiro atoms. The fourth-order valence-electron chi connectivity index (χ4n) is 3.07. The van der Waals surface area contributed by atoms with E-state index >= 15 is 0 Å². The maximum Gasteiger partial charge on any atom is 0.158 e. The summed E-state index contributed by atoms with van der Waals surface area (Å²) in [5, 5.41) is 0. The second-order valence-electron chi connectivity index (χ2n) is 4.67. The third-order valence-corrected chi connectivity index (χ3v) is 3.77. The third kappa shape index (κ3) is 1.66. The lowest BCUT2D eigenvalue weighted by atomic mass is 9.86. The number of ether oxygens (including phenoxy) is 3. The van der Waals surface area contributed by atoms with Gasteiger partial charge in [-0.3, -0.25) is 4.84 Å². The molecule has 0 saturated carbocycles. The molecule has 0 amide bonds. The van der Waals surface area contributed by atoms with Gasteiger partial charge in [0.05, 0.1) is 6.10 Å². The third-order valence-electron chi connectivity index (χ3n) is 3.77. The molecule has 0 aliphatic carbocycles. The number of hydrogen-bond donors (Lipinski definition) is 1. The molecule has 2 heterocycles. The largest absolute Gasteiger partial charge is 0.375 e. The van der Waals surface area contributed by atoms with Gasteiger partial charge in [0.15, 0.2) is 5.60 Å². The summed E-state index contributed by atoms with van der Waals surface area (Å²) in [4.78, 5) is 5.09. The molecule has 5 heteroatoms. The average Bonchev–Trinajstić information content (AvgIpc) is 2.84. The van der Waals surface area contributed by atoms with E-state index in [1.165, 1.54) is 0 Å². The molecule has 102 valence electrons. The predicted molar refractivity (Wildman–Crippen MR) is 66.8 cm³/mol. The van der Waals surface area contributed by atoms with Crippen LogP contribution in [0.2, 0.25) is 0 Å². The number of rotatable bonds is 5. The number of methoxy groups -OCH3 is 1. The summed E-state index contributed by atoms with van der Waals surface area (Å²) in [6, 6.07) is 0. The lowest BCUT2D eigenvalue weighted by Gasteiger charge is -2.39. The van der Waals surface area contributed by atoms with Crippen molar-refractivity contribution in [3.05, 3.63) is 24.8 Å². The Morgan fingerprint density at radius 1 is 1.50 bits per heavy atom. The van der Waals surface area contributed by atoms with Crippen molar-refractivity contribution in [2.75, 3.05) is 7.11 Å². The Labute approximate surface area is 107 Å². The first-order valence-corrected chi connectivity index (χ1v) is 6.12. The summed E-state index contributed by atoms with van der Waals surface area (Å²) in [5.41, 5.74) is -0.762. The van der Waals surface area contributed by atoms with Crippen LogP contribution in [-0.4, -0.2) is 43.2 Å². The Kier molecular flexibility index (Phi) is 3.89. The van der Waals surface area contributed by atoms with E-state index < -0.39 is 11.7 Å². The summed E-state index contributed by atoms with van der Waals surface area (Å²) in [5.74, 6) is 5.42. The van der Waals surface area contributed by atoms with Crippen LogP contribution in [0.25, 0.3) is 0 Å². The molecule has 0 aromatic carbocycles. The van der Waals surface area contributed by atoms with E-state index in [4.69, 9.17) is 24.9 Å². The van der Waals surface area contributed by atoms with Crippen LogP contribution in [-0.2, 0) is 19.0 Å². The van der Waals surface area contributed by atoms with Crippen LogP contribution in [0, 0.1) is 0 Å². The summed E-state index contributed by atoms with van der Waals surface area (Å²) in [6.07, 6.45) is 4.30. The second kappa shape index (κ2) is 5.11. The van der Waals surface area contributed by atoms with Crippen molar-refractivity contribution in [3.8, 4) is 0 Å². The normalized spacial score (nSPS) is 44.7. The molecule has 0 aromatic rings. The number of hydrogen-bond acceptors (Lipinski definition) is 5. The number of nitrogens with two attached hydrogens (primary N) is 1. The fourth-order valence-corrected chi connectivity index (χ4v) is 3.07. The highest BCUT2D eigenvalue weighted by atomic mass is 16.7. The van der Waals surface area contributed by atoms with Crippen molar-refractivity contribution in [1.82, 2.24) is 0 Å². The van der Waals surface area contributed by atoms with Crippen molar-refractivity contribution < 1.29 is 19.0 Å². The summed E-state index contributed by atoms with van der Waals surface area (Å²) in [7, 11) is 1.64. The zero-order chi connectivity index (χ0) is 13.3. The van der Waals surface area contributed by atoms with Crippen LogP contribution in [0.1, 0.15) is 13.8 Å². The molecular formula is C13H21NO4. The molecule has 2 aliphatic heterocycles. The van der Waals surface area contributed by atoms with Gasteiger partial charge in [-0.1, -0.05) is 18.2 Å². The van der Waals surface area contributed by atoms with Gasteiger partial charge in [-0.2, -0.15) is 0 Å². The molecule has 2 bridgehead atoms. The zero-order valence-corrected chi connectivity index (χ0v) is 11.0. The van der Waals surface area contributed by atoms with E-state index in [2.05, 4.69) is 6.58 Å². The molecule has 2 fully saturated rings. The Morgan fingerprint density at radius 3 is 2.72 bits per heavy atom. The van der Waals surface area contributed by atoms with E-state index in [1.807, 2.05) is 26.0 Å². The standard InChI is InChI=1S/C13H21NO4/c1-5-7-10(18-14)13-9(6-2)16-11(8(3)17-13)12(13)15-4/h5-12H,2,14H2,1,3-4H3/b7-5+/t8-,9+,10-,11+,12-,13+/m0/s1. The predicted octanol–water partition coefficient (Wildman–Crippen LogP) is 0.947. The Morgan fingerprint density at radius 2 is 2.22 bits per heavy atom. The van der Waals surface area contributed by atoms with Crippen molar-refractivity contribution in [2.45, 2.75) is 50.0 Å². The quantitative estimate of drug-likeness (QED) is 0.585. The first-order valence-electron chi connectivity index (χ1n) is 6.12. The average molecular weight is 255 g/mol. The monoisotopic (exact) mass is 255 g/mol. The minimum atomic E-state index is -0.762. The Hall–Kier alpha value is -0.720. The van der Waals surface area contributed by atoms with Crippen LogP contribution < -0.4 is 5.90 Å². The van der Waals surface area contributed by atoms with E-state index in [-0.39, 0.29) is 24.4 Å². The molecule has 2 N–H and O–H groups in total. The molecule has 6 atom stereocenters. The second-order valence-corrected chi connectivity index (χ2v) is 4.67. The molecule has 2 saturated heterocycles. The van der Waals surface area contributed by atoms with Gasteiger partial charge in [0.2, 0.25) is 0 Å². The molecule has 2 rings (SSSR count). The summed E-state index contributed by atoms with van der Waals surface area (Å²) in [6.45, 7) is 7.66. The number of allylic oxidation sites excluding steroid dienone is 1. The van der Waals surface area contributed by atoms with E-state index in [1.54, 1.807) is 13.2 Å². The van der Waals surface area contributed by atoms with Crippen molar-refractivity contribution in [3.63, 3.8) is 0 Å². The fraction of sp³-hybridized carbons (Fsp3) is 0.692. The lowest BCUT2D eigenvalue weighted by molar-refractivity contribution is -0.208. The van der Waals surface area contributed by atoms with Gasteiger partial charge >= 0.3 is 0 Å². The Balaban J connectivity index is 2.42. The van der Waals surface area contributed by atoms with Crippen molar-refractivity contribution in [1.29, 1.82) is 0 Å². The molecule has 2 aliphatic rings. The van der Waals surface area contributed by atoms with Crippen LogP contribution in [0.15, 0.2) is 24.8 Å². The van der Waals surface area contributed by atoms with Gasteiger partial charge in [-0.25, -0.2) is 5.90 Å². The number of fused-ring (bicyclic) bond motifs is 2. The molecule has 0 unspecified atom stereocenters. The highest BCUT2D eigenvalue weighted by Gasteiger charge is 2.68. The first kappa shape index (κ1) is 13.7. The SMILES string of the molecule is C=C[C@H]1O[C@@H]2[C@H](C)O[C@]1([C@H](/C=C/C)ON)[C@H]2OC. The lowest BCUT2D eigenvalue weighted by Crippen LogP contribution is -2.57. The summed E-state index contributed by atoms with van der Waals surface area (Å²) < 4.78 is 17.6. The van der Waals surface area contributed by atoms with Crippen LogP contribution >= 0.6 is 0 Å². The van der Waals surface area contributed by atoms with Crippen molar-refractivity contribution >= 4 is 0 Å². The molecule has 5 nitrogen and oxygen atoms in total. The molecular weight excluding hydrogens is 234 g/mol. The highest BCUT2D eigenvalue weighted by Crippen LogP contribution is 2.49. The van der Waals surface area contributed by atoms with E-state index in [0.717, 1.165) is 0 Å². The van der Waals surface area contributed by atoms with Gasteiger partial charge in [0.25, 0.3) is 0 Å². The smallest absolute Gasteiger partial charge is 0.158 e. The zero-order valence-electron chi connectivity index (χ0n) is 11.0. The van der Waals surface area contributed by atoms with E-state index in [9.17, 15) is 0 Å². The molecule has 18 heavy (non-hydrogen) atoms. The minimum Gasteiger partial charge on any atom is -0.375 e. The van der Waals surface area contributed by atoms with Gasteiger partial charge in [-0.15, -0.1) is 6.58 Å². The maximum absolute atomic E-state index is 6.08. The highest BCUT2D eigenvalue weighted by molar-refractivity contribution is 5.23. The van der Waals surface area contributed by atoms with Gasteiger partial charge in [0.1, 0.15) is 24.4 Å². The maximum atomic E-state index is 6.08. The van der Waals surface area contributed by atoms with Gasteiger partial charge in [-0.05, 0) is 13.8 Å². The topological polar surface area (TPSA) is 62.9 Å². The van der Waals surface area contributed by atoms with Crippen LogP contribution in [0.4, 0.5) is 0 Å². The minimum absolute atomic E-state index is 0.0611. The van der Waals surface area contributed by atoms with Gasteiger partial charge < -0.3 is 14.2 Å². The van der Waals surface area contributed by atoms with Gasteiger partial charge in [0, 0.05) is 7.11 Å². The Bertz CT molecular complexity index is 346. The van der Waals surface area contributed by atoms with E-state index in [0.29, 0.717) is 0 Å². The van der Waals surface area contributed by atoms with Crippen LogP contribution in [0.5, 0.6) is 0 Å².